The van der Waals surface area contributed by atoms with Crippen molar-refractivity contribution in [1.82, 2.24) is 9.55 Å². The third-order valence-electron chi connectivity index (χ3n) is 2.91. The predicted octanol–water partition coefficient (Wildman–Crippen LogP) is 1.92. The maximum absolute atomic E-state index is 9.92. The molecule has 4 heteroatoms. The van der Waals surface area contributed by atoms with Crippen LogP contribution in [0.5, 0.6) is 0 Å². The summed E-state index contributed by atoms with van der Waals surface area (Å²) in [5.74, 6) is 0.656. The Morgan fingerprint density at radius 1 is 1.41 bits per heavy atom. The lowest BCUT2D eigenvalue weighted by Crippen LogP contribution is -2.17. The van der Waals surface area contributed by atoms with Gasteiger partial charge in [-0.1, -0.05) is 6.07 Å². The van der Waals surface area contributed by atoms with Gasteiger partial charge in [0.25, 0.3) is 0 Å². The van der Waals surface area contributed by atoms with Crippen LogP contribution in [0.1, 0.15) is 37.4 Å². The summed E-state index contributed by atoms with van der Waals surface area (Å²) < 4.78 is 2.05. The molecule has 0 radical (unpaired) electrons. The van der Waals surface area contributed by atoms with E-state index in [-0.39, 0.29) is 12.6 Å². The molecule has 0 saturated carbocycles. The van der Waals surface area contributed by atoms with Crippen LogP contribution in [0.2, 0.25) is 0 Å². The molecule has 0 amide bonds. The van der Waals surface area contributed by atoms with Crippen molar-refractivity contribution in [1.29, 1.82) is 0 Å². The van der Waals surface area contributed by atoms with E-state index in [1.54, 1.807) is 0 Å². The molecule has 1 heterocycles. The predicted molar refractivity (Wildman–Crippen MR) is 68.9 cm³/mol. The monoisotopic (exact) mass is 233 g/mol. The molecule has 1 aromatic carbocycles. The van der Waals surface area contributed by atoms with E-state index in [4.69, 9.17) is 5.73 Å². The highest BCUT2D eigenvalue weighted by Gasteiger charge is 2.18. The number of nitrogens with two attached hydrogens (primary N) is 1. The first kappa shape index (κ1) is 12.1. The summed E-state index contributed by atoms with van der Waals surface area (Å²) in [6, 6.07) is 6.38. The average molecular weight is 233 g/mol. The van der Waals surface area contributed by atoms with Crippen LogP contribution in [0.4, 0.5) is 0 Å². The van der Waals surface area contributed by atoms with Crippen LogP contribution in [0, 0.1) is 6.92 Å². The first-order valence-corrected chi connectivity index (χ1v) is 5.91. The number of fused-ring (bicyclic) bond motifs is 1. The van der Waals surface area contributed by atoms with Crippen molar-refractivity contribution in [3.8, 4) is 0 Å². The lowest BCUT2D eigenvalue weighted by Gasteiger charge is -2.15. The van der Waals surface area contributed by atoms with E-state index in [2.05, 4.69) is 24.9 Å². The second kappa shape index (κ2) is 4.47. The largest absolute Gasteiger partial charge is 0.384 e. The van der Waals surface area contributed by atoms with Crippen LogP contribution in [-0.4, -0.2) is 21.2 Å². The van der Waals surface area contributed by atoms with Crippen molar-refractivity contribution in [2.24, 2.45) is 5.73 Å². The highest BCUT2D eigenvalue weighted by atomic mass is 16.3. The van der Waals surface area contributed by atoms with Gasteiger partial charge in [0, 0.05) is 12.6 Å². The van der Waals surface area contributed by atoms with E-state index in [1.807, 2.05) is 23.6 Å². The van der Waals surface area contributed by atoms with Crippen molar-refractivity contribution < 1.29 is 5.11 Å². The van der Waals surface area contributed by atoms with Crippen LogP contribution in [0.3, 0.4) is 0 Å². The molecule has 0 aliphatic rings. The van der Waals surface area contributed by atoms with E-state index < -0.39 is 6.10 Å². The number of imidazole rings is 1. The van der Waals surface area contributed by atoms with Gasteiger partial charge in [-0.3, -0.25) is 0 Å². The van der Waals surface area contributed by atoms with Gasteiger partial charge in [-0.2, -0.15) is 0 Å². The smallest absolute Gasteiger partial charge is 0.140 e. The van der Waals surface area contributed by atoms with Gasteiger partial charge in [0.05, 0.1) is 11.0 Å². The van der Waals surface area contributed by atoms with E-state index in [0.717, 1.165) is 11.0 Å². The molecule has 0 aliphatic carbocycles. The average Bonchev–Trinajstić information content (AvgIpc) is 2.66. The number of aryl methyl sites for hydroxylation is 1. The van der Waals surface area contributed by atoms with Gasteiger partial charge in [0.15, 0.2) is 0 Å². The maximum atomic E-state index is 9.92. The second-order valence-electron chi connectivity index (χ2n) is 4.68. The number of hydrogen-bond donors (Lipinski definition) is 2. The minimum absolute atomic E-state index is 0.190. The molecule has 3 N–H and O–H groups in total. The van der Waals surface area contributed by atoms with Crippen molar-refractivity contribution in [2.75, 3.05) is 6.54 Å². The maximum Gasteiger partial charge on any atom is 0.140 e. The standard InChI is InChI=1S/C13H19N3O/c1-8(2)16-11-5-4-9(3)6-10(11)15-13(16)12(17)7-14/h4-6,8,12,17H,7,14H2,1-3H3. The molecule has 0 spiro atoms. The first-order valence-electron chi connectivity index (χ1n) is 5.91. The highest BCUT2D eigenvalue weighted by Crippen LogP contribution is 2.25. The second-order valence-corrected chi connectivity index (χ2v) is 4.68. The summed E-state index contributed by atoms with van der Waals surface area (Å²) in [4.78, 5) is 4.50. The Hall–Kier alpha value is -1.39. The summed E-state index contributed by atoms with van der Waals surface area (Å²) in [5.41, 5.74) is 8.65. The third kappa shape index (κ3) is 2.06. The van der Waals surface area contributed by atoms with Crippen LogP contribution in [0.15, 0.2) is 18.2 Å². The topological polar surface area (TPSA) is 64.1 Å². The number of aliphatic hydroxyl groups is 1. The van der Waals surface area contributed by atoms with Gasteiger partial charge in [0.1, 0.15) is 11.9 Å². The number of nitrogens with zero attached hydrogens (tertiary/aromatic N) is 2. The van der Waals surface area contributed by atoms with E-state index in [9.17, 15) is 5.11 Å². The Labute approximate surface area is 101 Å². The van der Waals surface area contributed by atoms with Crippen molar-refractivity contribution >= 4 is 11.0 Å². The van der Waals surface area contributed by atoms with E-state index >= 15 is 0 Å². The Bertz CT molecular complexity index is 531. The van der Waals surface area contributed by atoms with Crippen LogP contribution in [0.25, 0.3) is 11.0 Å². The molecular formula is C13H19N3O. The molecule has 0 aliphatic heterocycles. The molecule has 0 bridgehead atoms. The molecular weight excluding hydrogens is 214 g/mol. The fraction of sp³-hybridized carbons (Fsp3) is 0.462. The van der Waals surface area contributed by atoms with E-state index in [1.165, 1.54) is 5.56 Å². The molecule has 2 aromatic rings. The number of benzene rings is 1. The molecule has 1 unspecified atom stereocenters. The van der Waals surface area contributed by atoms with Crippen LogP contribution >= 0.6 is 0 Å². The molecule has 4 nitrogen and oxygen atoms in total. The number of hydrogen-bond acceptors (Lipinski definition) is 3. The Kier molecular flexibility index (Phi) is 3.17. The lowest BCUT2D eigenvalue weighted by atomic mass is 10.2. The molecule has 1 aromatic heterocycles. The normalized spacial score (nSPS) is 13.5. The van der Waals surface area contributed by atoms with Crippen molar-refractivity contribution in [2.45, 2.75) is 32.9 Å². The van der Waals surface area contributed by atoms with Crippen molar-refractivity contribution in [3.63, 3.8) is 0 Å². The SMILES string of the molecule is Cc1ccc2c(c1)nc(C(O)CN)n2C(C)C. The minimum Gasteiger partial charge on any atom is -0.384 e. The fourth-order valence-corrected chi connectivity index (χ4v) is 2.11. The quantitative estimate of drug-likeness (QED) is 0.851. The Morgan fingerprint density at radius 3 is 2.71 bits per heavy atom. The molecule has 2 rings (SSSR count). The summed E-state index contributed by atoms with van der Waals surface area (Å²) in [5, 5.41) is 9.92. The molecule has 0 saturated heterocycles. The first-order chi connectivity index (χ1) is 8.04. The number of aliphatic hydroxyl groups excluding tert-OH is 1. The van der Waals surface area contributed by atoms with Gasteiger partial charge in [-0.05, 0) is 38.5 Å². The van der Waals surface area contributed by atoms with Gasteiger partial charge < -0.3 is 15.4 Å². The van der Waals surface area contributed by atoms with Gasteiger partial charge in [-0.25, -0.2) is 4.98 Å². The number of rotatable bonds is 3. The zero-order valence-electron chi connectivity index (χ0n) is 10.5. The third-order valence-corrected chi connectivity index (χ3v) is 2.91. The van der Waals surface area contributed by atoms with Crippen LogP contribution < -0.4 is 5.73 Å². The summed E-state index contributed by atoms with van der Waals surface area (Å²) >= 11 is 0. The zero-order valence-corrected chi connectivity index (χ0v) is 10.5. The lowest BCUT2D eigenvalue weighted by molar-refractivity contribution is 0.170. The minimum atomic E-state index is -0.704. The molecule has 0 fully saturated rings. The Balaban J connectivity index is 2.70. The van der Waals surface area contributed by atoms with Crippen LogP contribution in [-0.2, 0) is 0 Å². The number of aromatic nitrogens is 2. The highest BCUT2D eigenvalue weighted by molar-refractivity contribution is 5.77. The van der Waals surface area contributed by atoms with E-state index in [0.29, 0.717) is 5.82 Å². The van der Waals surface area contributed by atoms with Crippen molar-refractivity contribution in [3.05, 3.63) is 29.6 Å². The Morgan fingerprint density at radius 2 is 2.12 bits per heavy atom. The molecule has 17 heavy (non-hydrogen) atoms. The molecule has 1 atom stereocenters. The van der Waals surface area contributed by atoms with Gasteiger partial charge in [0.2, 0.25) is 0 Å². The summed E-state index contributed by atoms with van der Waals surface area (Å²) in [7, 11) is 0. The summed E-state index contributed by atoms with van der Waals surface area (Å²) in [6.45, 7) is 6.38. The van der Waals surface area contributed by atoms with Gasteiger partial charge >= 0.3 is 0 Å². The summed E-state index contributed by atoms with van der Waals surface area (Å²) in [6.07, 6.45) is -0.704. The zero-order chi connectivity index (χ0) is 12.6. The fourth-order valence-electron chi connectivity index (χ4n) is 2.11. The molecule has 92 valence electrons. The van der Waals surface area contributed by atoms with Gasteiger partial charge in [-0.15, -0.1) is 0 Å².